The van der Waals surface area contributed by atoms with E-state index in [1.807, 2.05) is 43.3 Å². The Morgan fingerprint density at radius 2 is 1.59 bits per heavy atom. The molecule has 1 unspecified atom stereocenters. The molecule has 1 aliphatic heterocycles. The Hall–Kier alpha value is -3.97. The molecular weight excluding hydrogens is 554 g/mol. The highest BCUT2D eigenvalue weighted by Crippen LogP contribution is 2.40. The van der Waals surface area contributed by atoms with Crippen LogP contribution in [0.2, 0.25) is 0 Å². The molecule has 234 valence electrons. The Kier molecular flexibility index (Phi) is 11.2. The number of phenols is 1. The lowest BCUT2D eigenvalue weighted by Crippen LogP contribution is -2.37. The topological polar surface area (TPSA) is 86.3 Å². The van der Waals surface area contributed by atoms with Crippen molar-refractivity contribution >= 4 is 17.1 Å². The first kappa shape index (κ1) is 31.5. The minimum atomic E-state index is -0.359. The van der Waals surface area contributed by atoms with Gasteiger partial charge in [-0.05, 0) is 102 Å². The van der Waals surface area contributed by atoms with Gasteiger partial charge in [0.05, 0.1) is 0 Å². The molecule has 0 aromatic heterocycles. The maximum atomic E-state index is 12.3. The van der Waals surface area contributed by atoms with Crippen LogP contribution in [0.4, 0.5) is 0 Å². The smallest absolute Gasteiger partial charge is 0.306 e. The van der Waals surface area contributed by atoms with Gasteiger partial charge in [-0.1, -0.05) is 63.4 Å². The number of ether oxygens (including phenoxy) is 4. The zero-order valence-electron chi connectivity index (χ0n) is 26.0. The van der Waals surface area contributed by atoms with Gasteiger partial charge >= 0.3 is 5.97 Å². The van der Waals surface area contributed by atoms with E-state index in [4.69, 9.17) is 18.9 Å². The zero-order chi connectivity index (χ0) is 30.7. The summed E-state index contributed by atoms with van der Waals surface area (Å²) in [7, 11) is 0. The molecular formula is C37H45NO6. The van der Waals surface area contributed by atoms with Gasteiger partial charge in [0.2, 0.25) is 6.79 Å². The molecule has 1 aliphatic carbocycles. The van der Waals surface area contributed by atoms with Crippen molar-refractivity contribution in [1.29, 1.82) is 0 Å². The van der Waals surface area contributed by atoms with Crippen LogP contribution in [0, 0.1) is 5.92 Å². The van der Waals surface area contributed by atoms with Gasteiger partial charge in [0, 0.05) is 13.0 Å². The molecule has 0 radical (unpaired) electrons. The average Bonchev–Trinajstić information content (AvgIpc) is 3.52. The highest BCUT2D eigenvalue weighted by Gasteiger charge is 2.20. The molecule has 44 heavy (non-hydrogen) atoms. The normalized spacial score (nSPS) is 15.9. The molecule has 2 aliphatic rings. The first-order valence-corrected chi connectivity index (χ1v) is 16.1. The van der Waals surface area contributed by atoms with Crippen molar-refractivity contribution in [1.82, 2.24) is 5.32 Å². The maximum Gasteiger partial charge on any atom is 0.306 e. The molecule has 3 aromatic carbocycles. The van der Waals surface area contributed by atoms with Crippen LogP contribution in [-0.4, -0.2) is 43.7 Å². The van der Waals surface area contributed by atoms with E-state index in [2.05, 4.69) is 30.4 Å². The Morgan fingerprint density at radius 1 is 0.909 bits per heavy atom. The third-order valence-corrected chi connectivity index (χ3v) is 8.39. The number of nitrogens with one attached hydrogen (secondary N) is 1. The van der Waals surface area contributed by atoms with E-state index in [9.17, 15) is 9.90 Å². The van der Waals surface area contributed by atoms with Crippen LogP contribution in [0.15, 0.2) is 66.7 Å². The standard InChI is InChI=1S/C37H45NO6/c1-3-8-36(40)44-32(23-38-22-26-9-6-5-7-10-26)24-41-31-18-13-28(14-19-31)37(27-11-16-30(39)17-12-27)33(4-2)29-15-20-34-35(21-29)43-25-42-34/h11-21,26,32,38-39H,3-10,22-25H2,1-2H3. The van der Waals surface area contributed by atoms with E-state index in [0.717, 1.165) is 58.7 Å². The molecule has 2 N–H and O–H groups in total. The average molecular weight is 600 g/mol. The number of hydrogen-bond acceptors (Lipinski definition) is 7. The van der Waals surface area contributed by atoms with Gasteiger partial charge in [0.1, 0.15) is 24.2 Å². The fraction of sp³-hybridized carbons (Fsp3) is 0.432. The molecule has 3 aromatic rings. The number of hydrogen-bond donors (Lipinski definition) is 2. The monoisotopic (exact) mass is 599 g/mol. The molecule has 0 saturated heterocycles. The van der Waals surface area contributed by atoms with Crippen molar-refractivity contribution in [2.75, 3.05) is 26.5 Å². The molecule has 1 saturated carbocycles. The zero-order valence-corrected chi connectivity index (χ0v) is 26.0. The van der Waals surface area contributed by atoms with Gasteiger partial charge < -0.3 is 29.4 Å². The minimum absolute atomic E-state index is 0.185. The van der Waals surface area contributed by atoms with Crippen LogP contribution in [0.5, 0.6) is 23.0 Å². The second-order valence-corrected chi connectivity index (χ2v) is 11.7. The largest absolute Gasteiger partial charge is 0.508 e. The highest BCUT2D eigenvalue weighted by atomic mass is 16.7. The lowest BCUT2D eigenvalue weighted by molar-refractivity contribution is -0.150. The maximum absolute atomic E-state index is 12.3. The molecule has 0 spiro atoms. The third kappa shape index (κ3) is 8.35. The molecule has 1 atom stereocenters. The second-order valence-electron chi connectivity index (χ2n) is 11.7. The fourth-order valence-corrected chi connectivity index (χ4v) is 6.08. The summed E-state index contributed by atoms with van der Waals surface area (Å²) in [5.74, 6) is 2.94. The molecule has 1 fully saturated rings. The summed E-state index contributed by atoms with van der Waals surface area (Å²) < 4.78 is 23.2. The minimum Gasteiger partial charge on any atom is -0.508 e. The number of rotatable bonds is 14. The van der Waals surface area contributed by atoms with Crippen molar-refractivity contribution in [2.24, 2.45) is 5.92 Å². The van der Waals surface area contributed by atoms with Gasteiger partial charge in [0.25, 0.3) is 0 Å². The van der Waals surface area contributed by atoms with E-state index in [1.165, 1.54) is 32.1 Å². The first-order valence-electron chi connectivity index (χ1n) is 16.1. The summed E-state index contributed by atoms with van der Waals surface area (Å²) in [6.45, 7) is 6.16. The number of carbonyl (C=O) groups excluding carboxylic acids is 1. The van der Waals surface area contributed by atoms with E-state index in [0.29, 0.717) is 24.6 Å². The number of phenolic OH excluding ortho intramolecular Hbond substituents is 1. The number of allylic oxidation sites excluding steroid dienone is 1. The van der Waals surface area contributed by atoms with E-state index in [-0.39, 0.29) is 31.2 Å². The number of aromatic hydroxyl groups is 1. The molecule has 7 heteroatoms. The summed E-state index contributed by atoms with van der Waals surface area (Å²) >= 11 is 0. The van der Waals surface area contributed by atoms with Crippen LogP contribution in [0.25, 0.3) is 11.1 Å². The number of fused-ring (bicyclic) bond motifs is 1. The molecule has 0 bridgehead atoms. The predicted molar refractivity (Wildman–Crippen MR) is 173 cm³/mol. The summed E-state index contributed by atoms with van der Waals surface area (Å²) in [5, 5.41) is 13.5. The quantitative estimate of drug-likeness (QED) is 0.145. The van der Waals surface area contributed by atoms with Crippen molar-refractivity contribution < 1.29 is 28.8 Å². The Labute approximate surface area is 261 Å². The SMILES string of the molecule is CCCC(=O)OC(CNCC1CCCCC1)COc1ccc(C(=C(CC)c2ccc3c(c2)OCO3)c2ccc(O)cc2)cc1. The van der Waals surface area contributed by atoms with Crippen molar-refractivity contribution in [3.63, 3.8) is 0 Å². The predicted octanol–water partition coefficient (Wildman–Crippen LogP) is 7.75. The lowest BCUT2D eigenvalue weighted by atomic mass is 9.88. The third-order valence-electron chi connectivity index (χ3n) is 8.39. The van der Waals surface area contributed by atoms with Crippen LogP contribution < -0.4 is 19.5 Å². The number of esters is 1. The van der Waals surface area contributed by atoms with Crippen LogP contribution in [-0.2, 0) is 9.53 Å². The summed E-state index contributed by atoms with van der Waals surface area (Å²) in [5.41, 5.74) is 5.29. The van der Waals surface area contributed by atoms with Gasteiger partial charge in [-0.2, -0.15) is 0 Å². The van der Waals surface area contributed by atoms with Crippen molar-refractivity contribution in [3.05, 3.63) is 83.4 Å². The van der Waals surface area contributed by atoms with Gasteiger partial charge in [-0.3, -0.25) is 4.79 Å². The Bertz CT molecular complexity index is 1390. The molecule has 7 nitrogen and oxygen atoms in total. The van der Waals surface area contributed by atoms with Crippen molar-refractivity contribution in [2.45, 2.75) is 71.3 Å². The molecule has 0 amide bonds. The number of benzene rings is 3. The fourth-order valence-electron chi connectivity index (χ4n) is 6.08. The first-order chi connectivity index (χ1) is 21.5. The lowest BCUT2D eigenvalue weighted by Gasteiger charge is -2.24. The van der Waals surface area contributed by atoms with Crippen LogP contribution in [0.3, 0.4) is 0 Å². The van der Waals surface area contributed by atoms with E-state index in [1.54, 1.807) is 12.1 Å². The number of carbonyl (C=O) groups is 1. The Balaban J connectivity index is 1.33. The van der Waals surface area contributed by atoms with E-state index >= 15 is 0 Å². The second kappa shape index (κ2) is 15.7. The highest BCUT2D eigenvalue weighted by molar-refractivity contribution is 5.99. The van der Waals surface area contributed by atoms with Crippen LogP contribution >= 0.6 is 0 Å². The summed E-state index contributed by atoms with van der Waals surface area (Å²) in [4.78, 5) is 12.3. The van der Waals surface area contributed by atoms with Crippen LogP contribution in [0.1, 0.15) is 81.9 Å². The van der Waals surface area contributed by atoms with Gasteiger partial charge in [0.15, 0.2) is 11.5 Å². The van der Waals surface area contributed by atoms with Gasteiger partial charge in [-0.15, -0.1) is 0 Å². The molecule has 5 rings (SSSR count). The summed E-state index contributed by atoms with van der Waals surface area (Å²) in [6.07, 6.45) is 8.08. The molecule has 1 heterocycles. The summed E-state index contributed by atoms with van der Waals surface area (Å²) in [6, 6.07) is 21.4. The van der Waals surface area contributed by atoms with Gasteiger partial charge in [-0.25, -0.2) is 0 Å². The van der Waals surface area contributed by atoms with Crippen molar-refractivity contribution in [3.8, 4) is 23.0 Å². The van der Waals surface area contributed by atoms with E-state index < -0.39 is 0 Å². The Morgan fingerprint density at radius 3 is 2.30 bits per heavy atom.